The maximum Gasteiger partial charge on any atom is 0.393 e. The van der Waals surface area contributed by atoms with Crippen LogP contribution in [0.1, 0.15) is 88.6 Å². The number of hydrogen-bond donors (Lipinski definition) is 0. The number of halogens is 4. The van der Waals surface area contributed by atoms with E-state index in [2.05, 4.69) is 10.1 Å². The number of alkyl halides is 3. The Morgan fingerprint density at radius 2 is 1.75 bits per heavy atom. The van der Waals surface area contributed by atoms with Gasteiger partial charge in [0.25, 0.3) is 0 Å². The molecule has 11 heteroatoms. The highest BCUT2D eigenvalue weighted by Gasteiger charge is 2.46. The van der Waals surface area contributed by atoms with Gasteiger partial charge in [-0.05, 0) is 93.3 Å². The predicted octanol–water partition coefficient (Wildman–Crippen LogP) is 9.07. The maximum absolute atomic E-state index is 15.4. The van der Waals surface area contributed by atoms with Gasteiger partial charge in [0.05, 0.1) is 30.4 Å². The van der Waals surface area contributed by atoms with E-state index in [9.17, 15) is 18.0 Å². The third-order valence-electron chi connectivity index (χ3n) is 8.63. The van der Waals surface area contributed by atoms with E-state index < -0.39 is 30.4 Å². The molecule has 2 aromatic carbocycles. The zero-order valence-corrected chi connectivity index (χ0v) is 27.3. The minimum atomic E-state index is -4.53. The SMILES string of the molecule is CC(C)(C)OC(=O)CC1(COc2ccc(/C(=C(/CC(F)(F)F)c3ccccc3)c3ccc4c(c3)c(F)nn4C3CCCCO3)cn2)CC1. The lowest BCUT2D eigenvalue weighted by molar-refractivity contribution is -0.156. The largest absolute Gasteiger partial charge is 0.477 e. The van der Waals surface area contributed by atoms with E-state index in [-0.39, 0.29) is 46.8 Å². The van der Waals surface area contributed by atoms with Gasteiger partial charge in [-0.25, -0.2) is 9.67 Å². The van der Waals surface area contributed by atoms with Gasteiger partial charge in [-0.2, -0.15) is 17.6 Å². The molecule has 48 heavy (non-hydrogen) atoms. The predicted molar refractivity (Wildman–Crippen MR) is 173 cm³/mol. The standard InChI is InChI=1S/C37H39F4N3O4/c1-35(2,3)48-32(45)21-36(16-17-36)23-47-30-15-13-26(22-42-30)33(28(20-37(39,40)41)24-9-5-4-6-10-24)25-12-14-29-27(19-25)34(38)43-44(29)31-11-7-8-18-46-31/h4-6,9-10,12-15,19,22,31H,7-8,11,16-18,20-21,23H2,1-3H3/b33-28-. The molecule has 4 aromatic rings. The first-order valence-corrected chi connectivity index (χ1v) is 16.3. The van der Waals surface area contributed by atoms with Crippen molar-refractivity contribution < 1.29 is 36.6 Å². The molecule has 0 spiro atoms. The monoisotopic (exact) mass is 665 g/mol. The summed E-state index contributed by atoms with van der Waals surface area (Å²) in [5.41, 5.74) is 1.06. The molecular weight excluding hydrogens is 626 g/mol. The zero-order valence-electron chi connectivity index (χ0n) is 27.3. The Kier molecular flexibility index (Phi) is 9.35. The van der Waals surface area contributed by atoms with Crippen molar-refractivity contribution >= 4 is 28.0 Å². The average molecular weight is 666 g/mol. The summed E-state index contributed by atoms with van der Waals surface area (Å²) in [6.45, 7) is 6.27. The zero-order chi connectivity index (χ0) is 34.1. The third-order valence-corrected chi connectivity index (χ3v) is 8.63. The molecule has 2 fully saturated rings. The first-order valence-electron chi connectivity index (χ1n) is 16.3. The fourth-order valence-corrected chi connectivity index (χ4v) is 6.16. The minimum absolute atomic E-state index is 0.0237. The van der Waals surface area contributed by atoms with Gasteiger partial charge in [0.1, 0.15) is 5.60 Å². The first kappa shape index (κ1) is 33.6. The summed E-state index contributed by atoms with van der Waals surface area (Å²) in [5.74, 6) is -0.731. The summed E-state index contributed by atoms with van der Waals surface area (Å²) in [5, 5.41) is 4.30. The van der Waals surface area contributed by atoms with Crippen LogP contribution in [-0.4, -0.2) is 45.7 Å². The van der Waals surface area contributed by atoms with E-state index in [1.54, 1.807) is 60.7 Å². The van der Waals surface area contributed by atoms with Crippen molar-refractivity contribution in [3.63, 3.8) is 0 Å². The highest BCUT2D eigenvalue weighted by molar-refractivity contribution is 6.00. The summed E-state index contributed by atoms with van der Waals surface area (Å²) < 4.78 is 76.7. The number of fused-ring (bicyclic) bond motifs is 1. The normalized spacial score (nSPS) is 18.4. The Balaban J connectivity index is 1.36. The quantitative estimate of drug-likeness (QED) is 0.0956. The molecule has 254 valence electrons. The summed E-state index contributed by atoms with van der Waals surface area (Å²) in [4.78, 5) is 16.9. The van der Waals surface area contributed by atoms with Crippen LogP contribution in [0.15, 0.2) is 66.9 Å². The van der Waals surface area contributed by atoms with Crippen LogP contribution in [0, 0.1) is 11.4 Å². The van der Waals surface area contributed by atoms with Crippen LogP contribution in [-0.2, 0) is 14.3 Å². The molecule has 0 bridgehead atoms. The van der Waals surface area contributed by atoms with Crippen LogP contribution < -0.4 is 4.74 Å². The molecule has 3 heterocycles. The van der Waals surface area contributed by atoms with Crippen molar-refractivity contribution in [2.75, 3.05) is 13.2 Å². The first-order chi connectivity index (χ1) is 22.8. The van der Waals surface area contributed by atoms with Gasteiger partial charge >= 0.3 is 12.1 Å². The number of carbonyl (C=O) groups excluding carboxylic acids is 1. The van der Waals surface area contributed by atoms with Crippen molar-refractivity contribution in [3.05, 3.63) is 89.5 Å². The highest BCUT2D eigenvalue weighted by atomic mass is 19.4. The highest BCUT2D eigenvalue weighted by Crippen LogP contribution is 2.49. The Morgan fingerprint density at radius 3 is 2.38 bits per heavy atom. The van der Waals surface area contributed by atoms with E-state index in [1.807, 2.05) is 20.8 Å². The molecule has 1 saturated heterocycles. The molecule has 0 amide bonds. The molecule has 2 aliphatic rings. The van der Waals surface area contributed by atoms with Crippen LogP contribution in [0.5, 0.6) is 5.88 Å². The number of esters is 1. The number of ether oxygens (including phenoxy) is 3. The molecule has 2 aromatic heterocycles. The number of allylic oxidation sites excluding steroid dienone is 1. The summed E-state index contributed by atoms with van der Waals surface area (Å²) >= 11 is 0. The molecule has 6 rings (SSSR count). The lowest BCUT2D eigenvalue weighted by Gasteiger charge is -2.23. The number of nitrogens with zero attached hydrogens (tertiary/aromatic N) is 3. The van der Waals surface area contributed by atoms with Gasteiger partial charge in [-0.15, -0.1) is 5.10 Å². The van der Waals surface area contributed by atoms with Crippen molar-refractivity contribution in [2.24, 2.45) is 5.41 Å². The van der Waals surface area contributed by atoms with E-state index >= 15 is 4.39 Å². The second kappa shape index (κ2) is 13.3. The fourth-order valence-electron chi connectivity index (χ4n) is 6.16. The van der Waals surface area contributed by atoms with Crippen molar-refractivity contribution in [1.29, 1.82) is 0 Å². The molecule has 1 atom stereocenters. The van der Waals surface area contributed by atoms with Crippen molar-refractivity contribution in [2.45, 2.75) is 83.7 Å². The molecule has 1 aliphatic carbocycles. The Hall–Kier alpha value is -4.25. The van der Waals surface area contributed by atoms with Gasteiger partial charge in [-0.1, -0.05) is 36.4 Å². The lowest BCUT2D eigenvalue weighted by atomic mass is 9.88. The molecule has 1 aliphatic heterocycles. The number of pyridine rings is 1. The second-order valence-electron chi connectivity index (χ2n) is 13.7. The van der Waals surface area contributed by atoms with Crippen molar-refractivity contribution in [3.8, 4) is 5.88 Å². The van der Waals surface area contributed by atoms with Gasteiger partial charge in [0.2, 0.25) is 11.8 Å². The Bertz CT molecular complexity index is 1780. The summed E-state index contributed by atoms with van der Waals surface area (Å²) in [6, 6.07) is 16.5. The second-order valence-corrected chi connectivity index (χ2v) is 13.7. The number of rotatable bonds is 10. The van der Waals surface area contributed by atoms with Crippen molar-refractivity contribution in [1.82, 2.24) is 14.8 Å². The lowest BCUT2D eigenvalue weighted by Crippen LogP contribution is -2.27. The number of carbonyl (C=O) groups is 1. The molecule has 7 nitrogen and oxygen atoms in total. The third kappa shape index (κ3) is 8.06. The van der Waals surface area contributed by atoms with Crippen LogP contribution >= 0.6 is 0 Å². The van der Waals surface area contributed by atoms with Crippen LogP contribution in [0.3, 0.4) is 0 Å². The molecule has 1 unspecified atom stereocenters. The van der Waals surface area contributed by atoms with E-state index in [1.165, 1.54) is 10.9 Å². The summed E-state index contributed by atoms with van der Waals surface area (Å²) in [7, 11) is 0. The van der Waals surface area contributed by atoms with Crippen LogP contribution in [0.2, 0.25) is 0 Å². The average Bonchev–Trinajstić information content (AvgIpc) is 3.72. The van der Waals surface area contributed by atoms with Gasteiger partial charge in [0.15, 0.2) is 6.23 Å². The van der Waals surface area contributed by atoms with Gasteiger partial charge in [0, 0.05) is 29.8 Å². The van der Waals surface area contributed by atoms with Crippen LogP contribution in [0.4, 0.5) is 17.6 Å². The molecular formula is C37H39F4N3O4. The Morgan fingerprint density at radius 1 is 1.00 bits per heavy atom. The summed E-state index contributed by atoms with van der Waals surface area (Å²) in [6.07, 6.45) is -0.285. The number of aromatic nitrogens is 3. The number of hydrogen-bond acceptors (Lipinski definition) is 6. The molecule has 1 saturated carbocycles. The molecule has 0 radical (unpaired) electrons. The number of benzene rings is 2. The molecule has 0 N–H and O–H groups in total. The van der Waals surface area contributed by atoms with E-state index in [4.69, 9.17) is 14.2 Å². The topological polar surface area (TPSA) is 75.5 Å². The van der Waals surface area contributed by atoms with Gasteiger partial charge in [-0.3, -0.25) is 4.79 Å². The van der Waals surface area contributed by atoms with E-state index in [0.29, 0.717) is 35.2 Å². The smallest absolute Gasteiger partial charge is 0.393 e. The van der Waals surface area contributed by atoms with E-state index in [0.717, 1.165) is 25.7 Å². The van der Waals surface area contributed by atoms with Crippen LogP contribution in [0.25, 0.3) is 22.0 Å². The fraction of sp³-hybridized carbons (Fsp3) is 0.432. The van der Waals surface area contributed by atoms with Gasteiger partial charge < -0.3 is 14.2 Å². The Labute approximate surface area is 276 Å². The maximum atomic E-state index is 15.4. The minimum Gasteiger partial charge on any atom is -0.477 e.